The molecule has 6 heteroatoms. The van der Waals surface area contributed by atoms with Gasteiger partial charge in [0.15, 0.2) is 0 Å². The smallest absolute Gasteiger partial charge is 0.274 e. The number of furan rings is 1. The molecular formula is C25H29N3O3. The zero-order chi connectivity index (χ0) is 21.8. The molecule has 0 bridgehead atoms. The van der Waals surface area contributed by atoms with Crippen LogP contribution in [0, 0.1) is 0 Å². The van der Waals surface area contributed by atoms with Gasteiger partial charge in [-0.05, 0) is 54.8 Å². The third-order valence-corrected chi connectivity index (χ3v) is 6.05. The highest BCUT2D eigenvalue weighted by Gasteiger charge is 2.29. The minimum Gasteiger partial charge on any atom is -0.472 e. The highest BCUT2D eigenvalue weighted by Crippen LogP contribution is 2.24. The van der Waals surface area contributed by atoms with Gasteiger partial charge in [-0.25, -0.2) is 5.48 Å². The zero-order valence-electron chi connectivity index (χ0n) is 18.0. The van der Waals surface area contributed by atoms with Crippen molar-refractivity contribution < 1.29 is 14.4 Å². The van der Waals surface area contributed by atoms with Crippen molar-refractivity contribution in [2.45, 2.75) is 39.0 Å². The predicted octanol–water partition coefficient (Wildman–Crippen LogP) is 4.16. The van der Waals surface area contributed by atoms with Gasteiger partial charge in [0.1, 0.15) is 0 Å². The molecular weight excluding hydrogens is 390 g/mol. The van der Waals surface area contributed by atoms with Crippen molar-refractivity contribution in [3.63, 3.8) is 0 Å². The summed E-state index contributed by atoms with van der Waals surface area (Å²) in [6, 6.07) is 18.9. The molecule has 1 unspecified atom stereocenters. The Kier molecular flexibility index (Phi) is 6.51. The van der Waals surface area contributed by atoms with Crippen LogP contribution in [0.1, 0.15) is 35.3 Å². The normalized spacial score (nSPS) is 20.0. The van der Waals surface area contributed by atoms with E-state index in [0.29, 0.717) is 17.6 Å². The second kappa shape index (κ2) is 9.47. The molecule has 1 aliphatic heterocycles. The molecule has 1 aliphatic rings. The number of amides is 1. The number of hydroxylamine groups is 1. The molecule has 31 heavy (non-hydrogen) atoms. The van der Waals surface area contributed by atoms with Crippen LogP contribution < -0.4 is 5.48 Å². The van der Waals surface area contributed by atoms with E-state index >= 15 is 0 Å². The summed E-state index contributed by atoms with van der Waals surface area (Å²) in [7, 11) is 0. The lowest BCUT2D eigenvalue weighted by molar-refractivity contribution is 0.0290. The molecule has 4 rings (SSSR count). The molecule has 0 saturated carbocycles. The summed E-state index contributed by atoms with van der Waals surface area (Å²) in [5, 5.41) is 8.77. The molecule has 2 atom stereocenters. The Hall–Kier alpha value is -2.93. The van der Waals surface area contributed by atoms with Crippen molar-refractivity contribution in [2.75, 3.05) is 13.1 Å². The second-order valence-electron chi connectivity index (χ2n) is 8.41. The molecule has 2 N–H and O–H groups in total. The Morgan fingerprint density at radius 2 is 1.74 bits per heavy atom. The number of nitrogens with zero attached hydrogens (tertiary/aromatic N) is 2. The highest BCUT2D eigenvalue weighted by molar-refractivity contribution is 5.93. The van der Waals surface area contributed by atoms with Crippen molar-refractivity contribution in [3.05, 3.63) is 83.8 Å². The summed E-state index contributed by atoms with van der Waals surface area (Å²) >= 11 is 0. The van der Waals surface area contributed by atoms with E-state index in [1.165, 1.54) is 11.1 Å². The van der Waals surface area contributed by atoms with E-state index in [4.69, 9.17) is 9.62 Å². The van der Waals surface area contributed by atoms with Gasteiger partial charge >= 0.3 is 0 Å². The largest absolute Gasteiger partial charge is 0.472 e. The number of carbonyl (C=O) groups is 1. The molecule has 2 heterocycles. The summed E-state index contributed by atoms with van der Waals surface area (Å²) in [6.07, 6.45) is 3.49. The number of nitrogens with one attached hydrogen (secondary N) is 1. The van der Waals surface area contributed by atoms with Crippen LogP contribution in [0.15, 0.2) is 71.5 Å². The molecule has 1 fully saturated rings. The lowest BCUT2D eigenvalue weighted by Crippen LogP contribution is -2.55. The lowest BCUT2D eigenvalue weighted by Gasteiger charge is -2.44. The Morgan fingerprint density at radius 1 is 1.00 bits per heavy atom. The molecule has 6 nitrogen and oxygen atoms in total. The maximum atomic E-state index is 11.5. The summed E-state index contributed by atoms with van der Waals surface area (Å²) < 4.78 is 5.22. The number of hydrogen-bond donors (Lipinski definition) is 2. The van der Waals surface area contributed by atoms with E-state index in [1.54, 1.807) is 30.1 Å². The van der Waals surface area contributed by atoms with Crippen LogP contribution in [0.4, 0.5) is 0 Å². The molecule has 0 aliphatic carbocycles. The van der Waals surface area contributed by atoms with Crippen molar-refractivity contribution in [3.8, 4) is 11.1 Å². The first-order valence-corrected chi connectivity index (χ1v) is 10.7. The predicted molar refractivity (Wildman–Crippen MR) is 120 cm³/mol. The van der Waals surface area contributed by atoms with Crippen LogP contribution in [0.3, 0.4) is 0 Å². The minimum atomic E-state index is -0.487. The van der Waals surface area contributed by atoms with Crippen LogP contribution in [0.5, 0.6) is 0 Å². The van der Waals surface area contributed by atoms with Crippen LogP contribution in [-0.4, -0.2) is 46.1 Å². The zero-order valence-corrected chi connectivity index (χ0v) is 18.0. The quantitative estimate of drug-likeness (QED) is 0.464. The van der Waals surface area contributed by atoms with Gasteiger partial charge in [-0.1, -0.05) is 30.3 Å². The maximum Gasteiger partial charge on any atom is 0.274 e. The number of rotatable bonds is 6. The molecule has 162 valence electrons. The van der Waals surface area contributed by atoms with E-state index in [1.807, 2.05) is 18.2 Å². The van der Waals surface area contributed by atoms with Gasteiger partial charge in [-0.2, -0.15) is 0 Å². The van der Waals surface area contributed by atoms with E-state index in [-0.39, 0.29) is 0 Å². The minimum absolute atomic E-state index is 0.418. The second-order valence-corrected chi connectivity index (χ2v) is 8.41. The van der Waals surface area contributed by atoms with Gasteiger partial charge in [-0.3, -0.25) is 19.8 Å². The van der Waals surface area contributed by atoms with Gasteiger partial charge in [0.2, 0.25) is 0 Å². The SMILES string of the molecule is CC1CN(Cc2cccc(-c3ccoc3)c2)C[C@H](C)N1Cc1ccc(C(=O)NO)cc1. The fourth-order valence-corrected chi connectivity index (χ4v) is 4.48. The van der Waals surface area contributed by atoms with Gasteiger partial charge in [-0.15, -0.1) is 0 Å². The number of piperazine rings is 1. The summed E-state index contributed by atoms with van der Waals surface area (Å²) in [5.74, 6) is -0.487. The third-order valence-electron chi connectivity index (χ3n) is 6.05. The fraction of sp³-hybridized carbons (Fsp3) is 0.320. The maximum absolute atomic E-state index is 11.5. The van der Waals surface area contributed by atoms with Crippen LogP contribution in [-0.2, 0) is 13.1 Å². The molecule has 2 aromatic carbocycles. The highest BCUT2D eigenvalue weighted by atomic mass is 16.5. The van der Waals surface area contributed by atoms with E-state index < -0.39 is 5.91 Å². The first kappa shape index (κ1) is 21.3. The monoisotopic (exact) mass is 419 g/mol. The van der Waals surface area contributed by atoms with Crippen LogP contribution >= 0.6 is 0 Å². The summed E-state index contributed by atoms with van der Waals surface area (Å²) in [5.41, 5.74) is 6.89. The molecule has 0 radical (unpaired) electrons. The van der Waals surface area contributed by atoms with E-state index in [2.05, 4.69) is 47.9 Å². The Bertz CT molecular complexity index is 989. The Labute approximate surface area is 183 Å². The standard InChI is InChI=1S/C25H29N3O3/c1-18-13-27(15-21-4-3-5-23(12-21)24-10-11-31-17-24)14-19(2)28(18)16-20-6-8-22(9-7-20)25(29)26-30/h3-12,17-19,30H,13-16H2,1-2H3,(H,26,29)/t18-,19?/m0/s1. The number of carbonyl (C=O) groups excluding carboxylic acids is 1. The van der Waals surface area contributed by atoms with Gasteiger partial charge in [0.05, 0.1) is 12.5 Å². The van der Waals surface area contributed by atoms with Crippen molar-refractivity contribution >= 4 is 5.91 Å². The van der Waals surface area contributed by atoms with Crippen LogP contribution in [0.2, 0.25) is 0 Å². The molecule has 1 saturated heterocycles. The van der Waals surface area contributed by atoms with Crippen LogP contribution in [0.25, 0.3) is 11.1 Å². The fourth-order valence-electron chi connectivity index (χ4n) is 4.48. The summed E-state index contributed by atoms with van der Waals surface area (Å²) in [4.78, 5) is 16.5. The average Bonchev–Trinajstić information content (AvgIpc) is 3.31. The molecule has 1 amide bonds. The Morgan fingerprint density at radius 3 is 2.39 bits per heavy atom. The van der Waals surface area contributed by atoms with Crippen molar-refractivity contribution in [1.82, 2.24) is 15.3 Å². The van der Waals surface area contributed by atoms with Gasteiger partial charge < -0.3 is 4.42 Å². The average molecular weight is 420 g/mol. The van der Waals surface area contributed by atoms with E-state index in [9.17, 15) is 4.79 Å². The lowest BCUT2D eigenvalue weighted by atomic mass is 10.0. The number of benzene rings is 2. The van der Waals surface area contributed by atoms with Crippen molar-refractivity contribution in [2.24, 2.45) is 0 Å². The van der Waals surface area contributed by atoms with Crippen molar-refractivity contribution in [1.29, 1.82) is 0 Å². The van der Waals surface area contributed by atoms with Gasteiger partial charge in [0, 0.05) is 49.4 Å². The molecule has 1 aromatic heterocycles. The first-order chi connectivity index (χ1) is 15.0. The topological polar surface area (TPSA) is 69.0 Å². The number of hydrogen-bond acceptors (Lipinski definition) is 5. The van der Waals surface area contributed by atoms with Gasteiger partial charge in [0.25, 0.3) is 5.91 Å². The summed E-state index contributed by atoms with van der Waals surface area (Å²) in [6.45, 7) is 8.33. The molecule has 0 spiro atoms. The molecule has 3 aromatic rings. The van der Waals surface area contributed by atoms with E-state index in [0.717, 1.165) is 37.3 Å². The first-order valence-electron chi connectivity index (χ1n) is 10.7. The Balaban J connectivity index is 1.38. The third kappa shape index (κ3) is 5.05.